The van der Waals surface area contributed by atoms with E-state index in [1.807, 2.05) is 24.9 Å². The number of aryl methyl sites for hydroxylation is 2. The van der Waals surface area contributed by atoms with E-state index < -0.39 is 0 Å². The van der Waals surface area contributed by atoms with Crippen LogP contribution in [0.25, 0.3) is 0 Å². The summed E-state index contributed by atoms with van der Waals surface area (Å²) >= 11 is 0. The van der Waals surface area contributed by atoms with Crippen LogP contribution in [-0.4, -0.2) is 46.8 Å². The Kier molecular flexibility index (Phi) is 3.47. The van der Waals surface area contributed by atoms with Gasteiger partial charge in [-0.1, -0.05) is 6.92 Å². The van der Waals surface area contributed by atoms with Crippen molar-refractivity contribution < 1.29 is 4.79 Å². The van der Waals surface area contributed by atoms with E-state index in [1.165, 1.54) is 0 Å². The highest BCUT2D eigenvalue weighted by atomic mass is 16.2. The minimum Gasteiger partial charge on any atom is -0.335 e. The van der Waals surface area contributed by atoms with Crippen molar-refractivity contribution in [1.82, 2.24) is 20.0 Å². The Bertz CT molecular complexity index is 409. The Morgan fingerprint density at radius 3 is 2.76 bits per heavy atom. The number of carbonyl (C=O) groups excluding carboxylic acids is 1. The SMILES string of the molecule is CCc1cc(C(=O)N(C)C2CNC2)n(CC)n1. The van der Waals surface area contributed by atoms with Crippen molar-refractivity contribution in [2.24, 2.45) is 0 Å². The average Bonchev–Trinajstić information content (AvgIpc) is 2.68. The maximum absolute atomic E-state index is 12.3. The molecule has 5 heteroatoms. The van der Waals surface area contributed by atoms with Crippen LogP contribution in [0.15, 0.2) is 6.07 Å². The van der Waals surface area contributed by atoms with Gasteiger partial charge in [-0.3, -0.25) is 9.48 Å². The van der Waals surface area contributed by atoms with Gasteiger partial charge >= 0.3 is 0 Å². The van der Waals surface area contributed by atoms with Gasteiger partial charge < -0.3 is 10.2 Å². The van der Waals surface area contributed by atoms with Crippen LogP contribution in [0.4, 0.5) is 0 Å². The average molecular weight is 236 g/mol. The number of likely N-dealkylation sites (N-methyl/N-ethyl adjacent to an activating group) is 1. The highest BCUT2D eigenvalue weighted by Crippen LogP contribution is 2.12. The number of hydrogen-bond donors (Lipinski definition) is 1. The van der Waals surface area contributed by atoms with Gasteiger partial charge in [0.1, 0.15) is 5.69 Å². The fraction of sp³-hybridized carbons (Fsp3) is 0.667. The minimum atomic E-state index is 0.0746. The third-order valence-electron chi connectivity index (χ3n) is 3.34. The summed E-state index contributed by atoms with van der Waals surface area (Å²) in [5.41, 5.74) is 1.69. The number of rotatable bonds is 4. The molecule has 2 heterocycles. The van der Waals surface area contributed by atoms with Gasteiger partial charge in [-0.25, -0.2) is 0 Å². The molecule has 0 aliphatic carbocycles. The zero-order chi connectivity index (χ0) is 12.4. The van der Waals surface area contributed by atoms with Crippen molar-refractivity contribution in [1.29, 1.82) is 0 Å². The van der Waals surface area contributed by atoms with Crippen molar-refractivity contribution in [2.75, 3.05) is 20.1 Å². The molecule has 1 aliphatic heterocycles. The molecule has 94 valence electrons. The maximum Gasteiger partial charge on any atom is 0.272 e. The fourth-order valence-electron chi connectivity index (χ4n) is 1.95. The van der Waals surface area contributed by atoms with E-state index in [0.29, 0.717) is 11.7 Å². The van der Waals surface area contributed by atoms with Gasteiger partial charge in [-0.05, 0) is 19.4 Å². The van der Waals surface area contributed by atoms with Crippen LogP contribution >= 0.6 is 0 Å². The summed E-state index contributed by atoms with van der Waals surface area (Å²) in [6.07, 6.45) is 0.863. The number of aromatic nitrogens is 2. The summed E-state index contributed by atoms with van der Waals surface area (Å²) in [7, 11) is 1.87. The van der Waals surface area contributed by atoms with E-state index in [-0.39, 0.29) is 5.91 Å². The largest absolute Gasteiger partial charge is 0.335 e. The molecule has 5 nitrogen and oxygen atoms in total. The van der Waals surface area contributed by atoms with Gasteiger partial charge in [0.2, 0.25) is 0 Å². The zero-order valence-electron chi connectivity index (χ0n) is 10.7. The molecule has 0 unspecified atom stereocenters. The molecule has 0 saturated carbocycles. The molecule has 0 bridgehead atoms. The van der Waals surface area contributed by atoms with Gasteiger partial charge in [0.25, 0.3) is 5.91 Å². The van der Waals surface area contributed by atoms with Crippen LogP contribution in [-0.2, 0) is 13.0 Å². The lowest BCUT2D eigenvalue weighted by molar-refractivity contribution is 0.0668. The molecule has 1 N–H and O–H groups in total. The Morgan fingerprint density at radius 1 is 1.59 bits per heavy atom. The Balaban J connectivity index is 2.19. The predicted octanol–water partition coefficient (Wildman–Crippen LogP) is 0.509. The van der Waals surface area contributed by atoms with Crippen LogP contribution < -0.4 is 5.32 Å². The van der Waals surface area contributed by atoms with E-state index in [9.17, 15) is 4.79 Å². The van der Waals surface area contributed by atoms with E-state index in [0.717, 1.165) is 31.7 Å². The molecule has 2 rings (SSSR count). The Labute approximate surface area is 102 Å². The van der Waals surface area contributed by atoms with Gasteiger partial charge in [0.15, 0.2) is 0 Å². The zero-order valence-corrected chi connectivity index (χ0v) is 10.7. The van der Waals surface area contributed by atoms with Gasteiger partial charge in [-0.15, -0.1) is 0 Å². The molecule has 0 atom stereocenters. The highest BCUT2D eigenvalue weighted by molar-refractivity contribution is 5.92. The van der Waals surface area contributed by atoms with Crippen LogP contribution in [0.2, 0.25) is 0 Å². The van der Waals surface area contributed by atoms with Crippen LogP contribution in [0.1, 0.15) is 30.0 Å². The summed E-state index contributed by atoms with van der Waals surface area (Å²) in [5.74, 6) is 0.0746. The summed E-state index contributed by atoms with van der Waals surface area (Å²) in [6.45, 7) is 6.58. The van der Waals surface area contributed by atoms with Crippen molar-refractivity contribution in [3.63, 3.8) is 0 Å². The Morgan fingerprint density at radius 2 is 2.29 bits per heavy atom. The summed E-state index contributed by atoms with van der Waals surface area (Å²) < 4.78 is 1.80. The maximum atomic E-state index is 12.3. The third-order valence-corrected chi connectivity index (χ3v) is 3.34. The second-order valence-electron chi connectivity index (χ2n) is 4.42. The first-order chi connectivity index (χ1) is 8.17. The van der Waals surface area contributed by atoms with Crippen molar-refractivity contribution in [3.8, 4) is 0 Å². The number of amides is 1. The summed E-state index contributed by atoms with van der Waals surface area (Å²) in [6, 6.07) is 2.24. The molecule has 0 radical (unpaired) electrons. The van der Waals surface area contributed by atoms with Crippen LogP contribution in [0.5, 0.6) is 0 Å². The van der Waals surface area contributed by atoms with Crippen LogP contribution in [0, 0.1) is 0 Å². The fourth-order valence-corrected chi connectivity index (χ4v) is 1.95. The predicted molar refractivity (Wildman–Crippen MR) is 66.0 cm³/mol. The molecule has 1 fully saturated rings. The number of hydrogen-bond acceptors (Lipinski definition) is 3. The second-order valence-corrected chi connectivity index (χ2v) is 4.42. The summed E-state index contributed by atoms with van der Waals surface area (Å²) in [4.78, 5) is 14.1. The van der Waals surface area contributed by atoms with Crippen molar-refractivity contribution in [3.05, 3.63) is 17.5 Å². The van der Waals surface area contributed by atoms with Gasteiger partial charge in [0, 0.05) is 26.7 Å². The summed E-state index contributed by atoms with van der Waals surface area (Å²) in [5, 5.41) is 7.58. The number of carbonyl (C=O) groups is 1. The first-order valence-electron chi connectivity index (χ1n) is 6.22. The smallest absolute Gasteiger partial charge is 0.272 e. The van der Waals surface area contributed by atoms with E-state index >= 15 is 0 Å². The van der Waals surface area contributed by atoms with Crippen molar-refractivity contribution in [2.45, 2.75) is 32.9 Å². The molecule has 1 aliphatic rings. The van der Waals surface area contributed by atoms with E-state index in [2.05, 4.69) is 17.3 Å². The molecule has 1 amide bonds. The molecule has 1 saturated heterocycles. The topological polar surface area (TPSA) is 50.2 Å². The van der Waals surface area contributed by atoms with Gasteiger partial charge in [0.05, 0.1) is 11.7 Å². The minimum absolute atomic E-state index is 0.0746. The molecule has 1 aromatic heterocycles. The monoisotopic (exact) mass is 236 g/mol. The lowest BCUT2D eigenvalue weighted by Crippen LogP contribution is -2.57. The van der Waals surface area contributed by atoms with Gasteiger partial charge in [-0.2, -0.15) is 5.10 Å². The molecule has 17 heavy (non-hydrogen) atoms. The number of nitrogens with one attached hydrogen (secondary N) is 1. The van der Waals surface area contributed by atoms with Crippen molar-refractivity contribution >= 4 is 5.91 Å². The first kappa shape index (κ1) is 12.1. The lowest BCUT2D eigenvalue weighted by Gasteiger charge is -2.35. The molecule has 0 aromatic carbocycles. The van der Waals surface area contributed by atoms with Crippen LogP contribution in [0.3, 0.4) is 0 Å². The number of nitrogens with zero attached hydrogens (tertiary/aromatic N) is 3. The highest BCUT2D eigenvalue weighted by Gasteiger charge is 2.27. The lowest BCUT2D eigenvalue weighted by atomic mass is 10.1. The first-order valence-corrected chi connectivity index (χ1v) is 6.22. The molecular formula is C12H20N4O. The van der Waals surface area contributed by atoms with E-state index in [1.54, 1.807) is 4.68 Å². The normalized spacial score (nSPS) is 15.7. The molecular weight excluding hydrogens is 216 g/mol. The molecule has 1 aromatic rings. The molecule has 0 spiro atoms. The van der Waals surface area contributed by atoms with E-state index in [4.69, 9.17) is 0 Å². The quantitative estimate of drug-likeness (QED) is 0.828. The Hall–Kier alpha value is -1.36. The standard InChI is InChI=1S/C12H20N4O/c1-4-9-6-11(16(5-2)14-9)12(17)15(3)10-7-13-8-10/h6,10,13H,4-5,7-8H2,1-3H3. The third kappa shape index (κ3) is 2.20. The second kappa shape index (κ2) is 4.87.